The Labute approximate surface area is 120 Å². The first-order valence-corrected chi connectivity index (χ1v) is 6.38. The minimum Gasteiger partial charge on any atom is -0.478 e. The van der Waals surface area contributed by atoms with Gasteiger partial charge in [0.2, 0.25) is 0 Å². The molecule has 21 heavy (non-hydrogen) atoms. The van der Waals surface area contributed by atoms with E-state index in [4.69, 9.17) is 9.84 Å². The lowest BCUT2D eigenvalue weighted by molar-refractivity contribution is -0.384. The summed E-state index contributed by atoms with van der Waals surface area (Å²) in [6.45, 7) is 2.36. The second-order valence-electron chi connectivity index (χ2n) is 4.93. The number of benzene rings is 1. The first-order chi connectivity index (χ1) is 9.82. The van der Waals surface area contributed by atoms with Crippen LogP contribution in [-0.2, 0) is 4.74 Å². The number of carboxylic acid groups (broad SMARTS) is 1. The number of anilines is 1. The summed E-state index contributed by atoms with van der Waals surface area (Å²) < 4.78 is 19.0. The van der Waals surface area contributed by atoms with Crippen molar-refractivity contribution in [3.8, 4) is 0 Å². The zero-order valence-corrected chi connectivity index (χ0v) is 11.6. The van der Waals surface area contributed by atoms with Gasteiger partial charge in [-0.25, -0.2) is 9.18 Å². The zero-order chi connectivity index (χ0) is 15.7. The fraction of sp³-hybridized carbons (Fsp3) is 0.462. The standard InChI is InChI=1S/C13H15FN2O5/c1-7-10(3-4-21-7)15(2)11-5-8(13(17)18)9(14)6-12(11)16(19)20/h5-7,10H,3-4H2,1-2H3,(H,17,18). The number of nitrogens with zero attached hydrogens (tertiary/aromatic N) is 2. The highest BCUT2D eigenvalue weighted by atomic mass is 19.1. The summed E-state index contributed by atoms with van der Waals surface area (Å²) in [6, 6.07) is 1.52. The van der Waals surface area contributed by atoms with Crippen LogP contribution in [0.25, 0.3) is 0 Å². The highest BCUT2D eigenvalue weighted by Crippen LogP contribution is 2.34. The van der Waals surface area contributed by atoms with Crippen LogP contribution in [0, 0.1) is 15.9 Å². The Kier molecular flexibility index (Phi) is 4.08. The van der Waals surface area contributed by atoms with Crippen molar-refractivity contribution in [2.45, 2.75) is 25.5 Å². The molecule has 0 bridgehead atoms. The highest BCUT2D eigenvalue weighted by Gasteiger charge is 2.32. The van der Waals surface area contributed by atoms with Gasteiger partial charge in [0.1, 0.15) is 11.5 Å². The second-order valence-corrected chi connectivity index (χ2v) is 4.93. The molecule has 2 rings (SSSR count). The molecule has 1 saturated heterocycles. The number of nitro benzene ring substituents is 1. The average Bonchev–Trinajstić information content (AvgIpc) is 2.83. The Hall–Kier alpha value is -2.22. The number of carboxylic acids is 1. The van der Waals surface area contributed by atoms with Crippen molar-refractivity contribution in [1.29, 1.82) is 0 Å². The van der Waals surface area contributed by atoms with Gasteiger partial charge >= 0.3 is 5.97 Å². The van der Waals surface area contributed by atoms with Crippen LogP contribution in [0.1, 0.15) is 23.7 Å². The van der Waals surface area contributed by atoms with Crippen LogP contribution in [0.3, 0.4) is 0 Å². The molecule has 0 amide bonds. The smallest absolute Gasteiger partial charge is 0.338 e. The van der Waals surface area contributed by atoms with Crippen molar-refractivity contribution in [2.24, 2.45) is 0 Å². The Morgan fingerprint density at radius 1 is 1.57 bits per heavy atom. The minimum atomic E-state index is -1.47. The number of hydrogen-bond acceptors (Lipinski definition) is 5. The second kappa shape index (κ2) is 5.65. The zero-order valence-electron chi connectivity index (χ0n) is 11.6. The molecule has 1 aliphatic heterocycles. The van der Waals surface area contributed by atoms with Gasteiger partial charge in [-0.1, -0.05) is 0 Å². The molecule has 8 heteroatoms. The highest BCUT2D eigenvalue weighted by molar-refractivity contribution is 5.90. The van der Waals surface area contributed by atoms with E-state index in [1.165, 1.54) is 0 Å². The van der Waals surface area contributed by atoms with Gasteiger partial charge in [0.05, 0.1) is 28.7 Å². The van der Waals surface area contributed by atoms with Gasteiger partial charge in [-0.2, -0.15) is 0 Å². The predicted molar refractivity (Wildman–Crippen MR) is 72.2 cm³/mol. The van der Waals surface area contributed by atoms with E-state index < -0.39 is 28.0 Å². The molecule has 1 N–H and O–H groups in total. The number of aromatic carboxylic acids is 1. The molecule has 2 unspecified atom stereocenters. The quantitative estimate of drug-likeness (QED) is 0.675. The summed E-state index contributed by atoms with van der Waals surface area (Å²) in [6.07, 6.45) is 0.516. The largest absolute Gasteiger partial charge is 0.478 e. The molecule has 0 aromatic heterocycles. The summed E-state index contributed by atoms with van der Waals surface area (Å²) >= 11 is 0. The fourth-order valence-corrected chi connectivity index (χ4v) is 2.55. The van der Waals surface area contributed by atoms with Crippen molar-refractivity contribution in [2.75, 3.05) is 18.6 Å². The number of nitro groups is 1. The van der Waals surface area contributed by atoms with Gasteiger partial charge in [0.15, 0.2) is 0 Å². The third kappa shape index (κ3) is 2.80. The minimum absolute atomic E-state index is 0.0705. The summed E-state index contributed by atoms with van der Waals surface area (Å²) in [5.41, 5.74) is -0.978. The van der Waals surface area contributed by atoms with Crippen LogP contribution < -0.4 is 4.90 Å². The number of likely N-dealkylation sites (N-methyl/N-ethyl adjacent to an activating group) is 1. The van der Waals surface area contributed by atoms with Crippen LogP contribution in [0.15, 0.2) is 12.1 Å². The molecular weight excluding hydrogens is 283 g/mol. The molecule has 1 heterocycles. The van der Waals surface area contributed by atoms with Gasteiger partial charge in [-0.3, -0.25) is 10.1 Å². The van der Waals surface area contributed by atoms with E-state index >= 15 is 0 Å². The van der Waals surface area contributed by atoms with E-state index in [1.807, 2.05) is 6.92 Å². The molecule has 1 aromatic carbocycles. The van der Waals surface area contributed by atoms with Crippen molar-refractivity contribution < 1.29 is 24.0 Å². The molecule has 0 aliphatic carbocycles. The average molecular weight is 298 g/mol. The summed E-state index contributed by atoms with van der Waals surface area (Å²) in [7, 11) is 1.61. The van der Waals surface area contributed by atoms with E-state index in [-0.39, 0.29) is 17.8 Å². The van der Waals surface area contributed by atoms with E-state index in [9.17, 15) is 19.3 Å². The molecule has 1 aromatic rings. The van der Waals surface area contributed by atoms with E-state index in [2.05, 4.69) is 0 Å². The van der Waals surface area contributed by atoms with Crippen LogP contribution in [-0.4, -0.2) is 41.8 Å². The molecule has 1 fully saturated rings. The lowest BCUT2D eigenvalue weighted by atomic mass is 10.1. The number of hydrogen-bond donors (Lipinski definition) is 1. The lowest BCUT2D eigenvalue weighted by Gasteiger charge is -2.28. The molecule has 0 saturated carbocycles. The van der Waals surface area contributed by atoms with E-state index in [1.54, 1.807) is 11.9 Å². The lowest BCUT2D eigenvalue weighted by Crippen LogP contribution is -2.37. The number of ether oxygens (including phenoxy) is 1. The van der Waals surface area contributed by atoms with Gasteiger partial charge in [0, 0.05) is 13.7 Å². The Balaban J connectivity index is 2.51. The van der Waals surface area contributed by atoms with Crippen molar-refractivity contribution >= 4 is 17.3 Å². The maximum Gasteiger partial charge on any atom is 0.338 e. The van der Waals surface area contributed by atoms with Crippen molar-refractivity contribution in [1.82, 2.24) is 0 Å². The molecule has 1 aliphatic rings. The molecule has 0 radical (unpaired) electrons. The topological polar surface area (TPSA) is 92.9 Å². The molecule has 114 valence electrons. The summed E-state index contributed by atoms with van der Waals surface area (Å²) in [4.78, 5) is 23.0. The van der Waals surface area contributed by atoms with Crippen LogP contribution in [0.4, 0.5) is 15.8 Å². The Morgan fingerprint density at radius 2 is 2.24 bits per heavy atom. The summed E-state index contributed by atoms with van der Waals surface area (Å²) in [5.74, 6) is -2.59. The predicted octanol–water partition coefficient (Wildman–Crippen LogP) is 2.05. The third-order valence-electron chi connectivity index (χ3n) is 3.71. The normalized spacial score (nSPS) is 21.3. The molecule has 0 spiro atoms. The molecule has 2 atom stereocenters. The van der Waals surface area contributed by atoms with E-state index in [0.29, 0.717) is 19.1 Å². The van der Waals surface area contributed by atoms with Crippen LogP contribution in [0.2, 0.25) is 0 Å². The monoisotopic (exact) mass is 298 g/mol. The third-order valence-corrected chi connectivity index (χ3v) is 3.71. The number of rotatable bonds is 4. The van der Waals surface area contributed by atoms with E-state index in [0.717, 1.165) is 6.07 Å². The van der Waals surface area contributed by atoms with Crippen LogP contribution in [0.5, 0.6) is 0 Å². The molecular formula is C13H15FN2O5. The van der Waals surface area contributed by atoms with Crippen molar-refractivity contribution in [3.05, 3.63) is 33.6 Å². The van der Waals surface area contributed by atoms with Gasteiger partial charge in [-0.05, 0) is 19.4 Å². The van der Waals surface area contributed by atoms with Gasteiger partial charge in [0.25, 0.3) is 5.69 Å². The number of carbonyl (C=O) groups is 1. The first-order valence-electron chi connectivity index (χ1n) is 6.38. The van der Waals surface area contributed by atoms with Crippen molar-refractivity contribution in [3.63, 3.8) is 0 Å². The maximum atomic E-state index is 13.6. The Morgan fingerprint density at radius 3 is 2.71 bits per heavy atom. The fourth-order valence-electron chi connectivity index (χ4n) is 2.55. The van der Waals surface area contributed by atoms with Crippen LogP contribution >= 0.6 is 0 Å². The maximum absolute atomic E-state index is 13.6. The summed E-state index contributed by atoms with van der Waals surface area (Å²) in [5, 5.41) is 20.1. The first kappa shape index (κ1) is 15.2. The molecule has 7 nitrogen and oxygen atoms in total. The van der Waals surface area contributed by atoms with Gasteiger partial charge < -0.3 is 14.7 Å². The van der Waals surface area contributed by atoms with Gasteiger partial charge in [-0.15, -0.1) is 0 Å². The Bertz CT molecular complexity index is 592. The SMILES string of the molecule is CC1OCCC1N(C)c1cc(C(=O)O)c(F)cc1[N+](=O)[O-]. The number of halogens is 1.